The molecule has 0 aliphatic heterocycles. The van der Waals surface area contributed by atoms with Gasteiger partial charge in [0.1, 0.15) is 11.5 Å². The van der Waals surface area contributed by atoms with Gasteiger partial charge in [0.15, 0.2) is 0 Å². The first kappa shape index (κ1) is 20.7. The van der Waals surface area contributed by atoms with Gasteiger partial charge in [-0.05, 0) is 49.6 Å². The van der Waals surface area contributed by atoms with E-state index in [1.165, 1.54) is 7.11 Å². The third-order valence-corrected chi connectivity index (χ3v) is 5.31. The summed E-state index contributed by atoms with van der Waals surface area (Å²) >= 11 is 0. The van der Waals surface area contributed by atoms with Crippen molar-refractivity contribution in [2.75, 3.05) is 13.7 Å². The van der Waals surface area contributed by atoms with Crippen molar-refractivity contribution >= 4 is 16.9 Å². The molecule has 1 N–H and O–H groups in total. The number of carbonyl (C=O) groups excluding carboxylic acids is 1. The molecule has 0 aliphatic rings. The Bertz CT molecular complexity index is 1160. The molecule has 2 aromatic heterocycles. The molecule has 0 radical (unpaired) electrons. The number of benzene rings is 2. The molecule has 0 saturated heterocycles. The fourth-order valence-corrected chi connectivity index (χ4v) is 3.68. The number of aromatic nitrogens is 2. The van der Waals surface area contributed by atoms with Gasteiger partial charge in [0.2, 0.25) is 5.89 Å². The van der Waals surface area contributed by atoms with Crippen LogP contribution >= 0.6 is 0 Å². The monoisotopic (exact) mass is 418 g/mol. The molecule has 6 heteroatoms. The van der Waals surface area contributed by atoms with E-state index in [4.69, 9.17) is 13.9 Å². The van der Waals surface area contributed by atoms with Crippen LogP contribution in [-0.4, -0.2) is 29.7 Å². The highest BCUT2D eigenvalue weighted by Gasteiger charge is 2.13. The highest BCUT2D eigenvalue weighted by molar-refractivity contribution is 5.89. The van der Waals surface area contributed by atoms with Gasteiger partial charge in [0, 0.05) is 35.5 Å². The van der Waals surface area contributed by atoms with E-state index in [1.807, 2.05) is 61.7 Å². The quantitative estimate of drug-likeness (QED) is 0.376. The molecule has 160 valence electrons. The minimum atomic E-state index is -0.186. The number of oxazole rings is 1. The Morgan fingerprint density at radius 2 is 1.94 bits per heavy atom. The molecule has 2 heterocycles. The third-order valence-electron chi connectivity index (χ3n) is 5.31. The molecular formula is C25H26N2O4. The van der Waals surface area contributed by atoms with Crippen molar-refractivity contribution in [3.05, 3.63) is 71.7 Å². The van der Waals surface area contributed by atoms with Crippen LogP contribution in [0.15, 0.2) is 59.1 Å². The molecule has 2 aromatic carbocycles. The highest BCUT2D eigenvalue weighted by Crippen LogP contribution is 2.30. The largest absolute Gasteiger partial charge is 0.492 e. The van der Waals surface area contributed by atoms with Gasteiger partial charge in [-0.25, -0.2) is 4.98 Å². The molecule has 0 atom stereocenters. The molecule has 6 nitrogen and oxygen atoms in total. The molecule has 0 bridgehead atoms. The number of nitrogens with one attached hydrogen (secondary N) is 1. The van der Waals surface area contributed by atoms with Crippen LogP contribution in [-0.2, 0) is 22.4 Å². The minimum absolute atomic E-state index is 0.186. The number of hydrogen-bond donors (Lipinski definition) is 1. The summed E-state index contributed by atoms with van der Waals surface area (Å²) in [6.07, 6.45) is 4.55. The van der Waals surface area contributed by atoms with Crippen LogP contribution in [0.5, 0.6) is 5.75 Å². The lowest BCUT2D eigenvalue weighted by Crippen LogP contribution is -2.03. The van der Waals surface area contributed by atoms with E-state index < -0.39 is 0 Å². The zero-order valence-electron chi connectivity index (χ0n) is 17.8. The zero-order valence-corrected chi connectivity index (χ0v) is 17.8. The van der Waals surface area contributed by atoms with Gasteiger partial charge < -0.3 is 18.9 Å². The summed E-state index contributed by atoms with van der Waals surface area (Å²) in [5.74, 6) is 2.09. The summed E-state index contributed by atoms with van der Waals surface area (Å²) in [6.45, 7) is 2.43. The van der Waals surface area contributed by atoms with E-state index in [0.717, 1.165) is 52.1 Å². The maximum Gasteiger partial charge on any atom is 0.305 e. The van der Waals surface area contributed by atoms with Crippen LogP contribution in [0.2, 0.25) is 0 Å². The standard InChI is InChI=1S/C25H26N2O4/c1-17-20(27-25(31-17)18-8-4-3-5-9-18)14-15-30-22-12-7-11-21-24(22)19(16-26-21)10-6-13-23(28)29-2/h3-5,7-9,11-12,16,26H,6,10,13-15H2,1-2H3. The number of aryl methyl sites for hydroxylation is 2. The van der Waals surface area contributed by atoms with Crippen molar-refractivity contribution < 1.29 is 18.7 Å². The van der Waals surface area contributed by atoms with Crippen LogP contribution in [0.4, 0.5) is 0 Å². The van der Waals surface area contributed by atoms with Crippen LogP contribution in [0.3, 0.4) is 0 Å². The first-order valence-corrected chi connectivity index (χ1v) is 10.5. The predicted octanol–water partition coefficient (Wildman–Crippen LogP) is 5.25. The van der Waals surface area contributed by atoms with Crippen LogP contribution < -0.4 is 4.74 Å². The lowest BCUT2D eigenvalue weighted by Gasteiger charge is -2.09. The zero-order chi connectivity index (χ0) is 21.6. The van der Waals surface area contributed by atoms with Crippen LogP contribution in [0, 0.1) is 6.92 Å². The van der Waals surface area contributed by atoms with E-state index in [1.54, 1.807) is 0 Å². The molecule has 0 fully saturated rings. The van der Waals surface area contributed by atoms with E-state index >= 15 is 0 Å². The molecule has 31 heavy (non-hydrogen) atoms. The Balaban J connectivity index is 1.43. The minimum Gasteiger partial charge on any atom is -0.492 e. The Morgan fingerprint density at radius 1 is 1.10 bits per heavy atom. The number of nitrogens with zero attached hydrogens (tertiary/aromatic N) is 1. The average molecular weight is 418 g/mol. The predicted molar refractivity (Wildman–Crippen MR) is 119 cm³/mol. The van der Waals surface area contributed by atoms with Crippen LogP contribution in [0.1, 0.15) is 29.9 Å². The Hall–Kier alpha value is -3.54. The maximum atomic E-state index is 11.4. The fraction of sp³-hybridized carbons (Fsp3) is 0.280. The number of esters is 1. The number of carbonyl (C=O) groups is 1. The van der Waals surface area contributed by atoms with Crippen LogP contribution in [0.25, 0.3) is 22.4 Å². The van der Waals surface area contributed by atoms with Gasteiger partial charge in [-0.1, -0.05) is 24.3 Å². The molecular weight excluding hydrogens is 392 g/mol. The molecule has 0 saturated carbocycles. The lowest BCUT2D eigenvalue weighted by molar-refractivity contribution is -0.140. The summed E-state index contributed by atoms with van der Waals surface area (Å²) < 4.78 is 16.7. The number of methoxy groups -OCH3 is 1. The van der Waals surface area contributed by atoms with E-state index in [2.05, 4.69) is 9.97 Å². The summed E-state index contributed by atoms with van der Waals surface area (Å²) in [5, 5.41) is 1.06. The van der Waals surface area contributed by atoms with E-state index in [-0.39, 0.29) is 5.97 Å². The Morgan fingerprint density at radius 3 is 2.74 bits per heavy atom. The maximum absolute atomic E-state index is 11.4. The first-order valence-electron chi connectivity index (χ1n) is 10.5. The normalized spacial score (nSPS) is 11.0. The van der Waals surface area contributed by atoms with E-state index in [9.17, 15) is 4.79 Å². The number of aromatic amines is 1. The average Bonchev–Trinajstić information content (AvgIpc) is 3.38. The topological polar surface area (TPSA) is 77.4 Å². The van der Waals surface area contributed by atoms with Gasteiger partial charge >= 0.3 is 5.97 Å². The molecule has 4 rings (SSSR count). The van der Waals surface area contributed by atoms with Gasteiger partial charge in [-0.2, -0.15) is 0 Å². The first-order chi connectivity index (χ1) is 15.2. The summed E-state index contributed by atoms with van der Waals surface area (Å²) in [4.78, 5) is 19.3. The SMILES string of the molecule is COC(=O)CCCc1c[nH]c2cccc(OCCc3nc(-c4ccccc4)oc3C)c12. The van der Waals surface area contributed by atoms with Crippen molar-refractivity contribution in [1.82, 2.24) is 9.97 Å². The van der Waals surface area contributed by atoms with Crippen molar-refractivity contribution in [1.29, 1.82) is 0 Å². The number of ether oxygens (including phenoxy) is 2. The fourth-order valence-electron chi connectivity index (χ4n) is 3.68. The molecule has 0 amide bonds. The summed E-state index contributed by atoms with van der Waals surface area (Å²) in [6, 6.07) is 15.9. The molecule has 4 aromatic rings. The third kappa shape index (κ3) is 4.79. The highest BCUT2D eigenvalue weighted by atomic mass is 16.5. The Labute approximate surface area is 181 Å². The molecule has 0 aliphatic carbocycles. The number of fused-ring (bicyclic) bond motifs is 1. The number of rotatable bonds is 9. The van der Waals surface area contributed by atoms with Crippen molar-refractivity contribution in [3.63, 3.8) is 0 Å². The van der Waals surface area contributed by atoms with E-state index in [0.29, 0.717) is 25.3 Å². The second-order valence-corrected chi connectivity index (χ2v) is 7.41. The second kappa shape index (κ2) is 9.51. The second-order valence-electron chi connectivity index (χ2n) is 7.41. The van der Waals surface area contributed by atoms with Crippen molar-refractivity contribution in [3.8, 4) is 17.2 Å². The van der Waals surface area contributed by atoms with Gasteiger partial charge in [0.25, 0.3) is 0 Å². The number of H-pyrrole nitrogens is 1. The van der Waals surface area contributed by atoms with Gasteiger partial charge in [-0.15, -0.1) is 0 Å². The Kier molecular flexibility index (Phi) is 6.36. The molecule has 0 spiro atoms. The number of hydrogen-bond acceptors (Lipinski definition) is 5. The molecule has 0 unspecified atom stereocenters. The van der Waals surface area contributed by atoms with Crippen molar-refractivity contribution in [2.24, 2.45) is 0 Å². The van der Waals surface area contributed by atoms with Crippen molar-refractivity contribution in [2.45, 2.75) is 32.6 Å². The van der Waals surface area contributed by atoms with Gasteiger partial charge in [0.05, 0.1) is 19.4 Å². The van der Waals surface area contributed by atoms with Gasteiger partial charge in [-0.3, -0.25) is 4.79 Å². The summed E-state index contributed by atoms with van der Waals surface area (Å²) in [7, 11) is 1.42. The smallest absolute Gasteiger partial charge is 0.305 e. The lowest BCUT2D eigenvalue weighted by atomic mass is 10.1. The summed E-state index contributed by atoms with van der Waals surface area (Å²) in [5.41, 5.74) is 4.03.